The Morgan fingerprint density at radius 1 is 1.50 bits per heavy atom. The smallest absolute Gasteiger partial charge is 0.328 e. The second-order valence-corrected chi connectivity index (χ2v) is 5.59. The average Bonchev–Trinajstić information content (AvgIpc) is 2.38. The van der Waals surface area contributed by atoms with Crippen LogP contribution in [0.3, 0.4) is 0 Å². The van der Waals surface area contributed by atoms with Gasteiger partial charge in [0.15, 0.2) is 0 Å². The molecular weight excluding hydrogens is 284 g/mol. The van der Waals surface area contributed by atoms with Crippen molar-refractivity contribution in [1.29, 1.82) is 0 Å². The maximum Gasteiger partial charge on any atom is 0.328 e. The fourth-order valence-corrected chi connectivity index (χ4v) is 2.95. The number of esters is 1. The number of carboxylic acids is 1. The van der Waals surface area contributed by atoms with Crippen molar-refractivity contribution < 1.29 is 24.2 Å². The number of nitrogens with zero attached hydrogens (tertiary/aromatic N) is 1. The lowest BCUT2D eigenvalue weighted by Crippen LogP contribution is -2.54. The van der Waals surface area contributed by atoms with Gasteiger partial charge in [-0.3, -0.25) is 4.79 Å². The number of carbonyl (C=O) groups is 3. The topological polar surface area (TPSA) is 95.9 Å². The van der Waals surface area contributed by atoms with Gasteiger partial charge < -0.3 is 20.1 Å². The van der Waals surface area contributed by atoms with Crippen LogP contribution >= 0.6 is 11.8 Å². The fraction of sp³-hybridized carbons (Fsp3) is 0.750. The first kappa shape index (κ1) is 16.6. The number of amides is 2. The fourth-order valence-electron chi connectivity index (χ4n) is 1.89. The Hall–Kier alpha value is -1.44. The van der Waals surface area contributed by atoms with Crippen LogP contribution in [0.4, 0.5) is 4.79 Å². The highest BCUT2D eigenvalue weighted by Crippen LogP contribution is 2.19. The van der Waals surface area contributed by atoms with Gasteiger partial charge in [-0.2, -0.15) is 11.8 Å². The molecule has 0 bridgehead atoms. The molecule has 2 unspecified atom stereocenters. The van der Waals surface area contributed by atoms with Gasteiger partial charge in [0.2, 0.25) is 0 Å². The van der Waals surface area contributed by atoms with E-state index in [-0.39, 0.29) is 19.1 Å². The molecule has 1 saturated heterocycles. The van der Waals surface area contributed by atoms with E-state index in [0.29, 0.717) is 12.3 Å². The Morgan fingerprint density at radius 2 is 2.20 bits per heavy atom. The highest BCUT2D eigenvalue weighted by molar-refractivity contribution is 7.99. The highest BCUT2D eigenvalue weighted by Gasteiger charge is 2.30. The summed E-state index contributed by atoms with van der Waals surface area (Å²) in [6, 6.07) is -1.51. The van der Waals surface area contributed by atoms with Gasteiger partial charge in [-0.1, -0.05) is 0 Å². The minimum absolute atomic E-state index is 0.0891. The predicted molar refractivity (Wildman–Crippen MR) is 74.7 cm³/mol. The standard InChI is InChI=1S/C12H20N2O5S/c1-3-19-11(17)8(2)13-12(18)14-4-5-20-7-9(14)6-10(15)16/h8-9H,3-7H2,1-2H3,(H,13,18)(H,15,16). The molecule has 114 valence electrons. The number of urea groups is 1. The highest BCUT2D eigenvalue weighted by atomic mass is 32.2. The third-order valence-corrected chi connectivity index (χ3v) is 3.97. The van der Waals surface area contributed by atoms with Gasteiger partial charge in [0.05, 0.1) is 19.1 Å². The maximum atomic E-state index is 12.1. The van der Waals surface area contributed by atoms with Crippen LogP contribution in [0.25, 0.3) is 0 Å². The molecule has 2 atom stereocenters. The number of aliphatic carboxylic acids is 1. The zero-order valence-corrected chi connectivity index (χ0v) is 12.4. The Morgan fingerprint density at radius 3 is 2.80 bits per heavy atom. The summed E-state index contributed by atoms with van der Waals surface area (Å²) < 4.78 is 4.81. The molecule has 7 nitrogen and oxygen atoms in total. The first-order chi connectivity index (χ1) is 9.45. The number of ether oxygens (including phenoxy) is 1. The van der Waals surface area contributed by atoms with Crippen LogP contribution in [-0.2, 0) is 14.3 Å². The van der Waals surface area contributed by atoms with E-state index in [0.717, 1.165) is 5.75 Å². The maximum absolute atomic E-state index is 12.1. The molecule has 2 N–H and O–H groups in total. The van der Waals surface area contributed by atoms with E-state index in [1.807, 2.05) is 0 Å². The summed E-state index contributed by atoms with van der Waals surface area (Å²) in [4.78, 5) is 35.9. The molecule has 1 aliphatic heterocycles. The van der Waals surface area contributed by atoms with Crippen LogP contribution in [0.15, 0.2) is 0 Å². The molecule has 0 radical (unpaired) electrons. The number of hydrogen-bond acceptors (Lipinski definition) is 5. The van der Waals surface area contributed by atoms with Crippen molar-refractivity contribution in [2.45, 2.75) is 32.4 Å². The number of rotatable bonds is 5. The number of thioether (sulfide) groups is 1. The van der Waals surface area contributed by atoms with Crippen LogP contribution in [-0.4, -0.2) is 64.7 Å². The van der Waals surface area contributed by atoms with Crippen LogP contribution in [0.5, 0.6) is 0 Å². The molecule has 0 aromatic carbocycles. The lowest BCUT2D eigenvalue weighted by molar-refractivity contribution is -0.145. The zero-order chi connectivity index (χ0) is 15.1. The first-order valence-electron chi connectivity index (χ1n) is 6.49. The molecule has 0 spiro atoms. The summed E-state index contributed by atoms with van der Waals surface area (Å²) in [7, 11) is 0. The van der Waals surface area contributed by atoms with Crippen molar-refractivity contribution in [2.24, 2.45) is 0 Å². The van der Waals surface area contributed by atoms with Crippen molar-refractivity contribution in [2.75, 3.05) is 24.7 Å². The molecular formula is C12H20N2O5S. The lowest BCUT2D eigenvalue weighted by atomic mass is 10.2. The number of carbonyl (C=O) groups excluding carboxylic acids is 2. The van der Waals surface area contributed by atoms with Crippen LogP contribution < -0.4 is 5.32 Å². The van der Waals surface area contributed by atoms with Crippen molar-refractivity contribution in [1.82, 2.24) is 10.2 Å². The second-order valence-electron chi connectivity index (χ2n) is 4.44. The molecule has 20 heavy (non-hydrogen) atoms. The molecule has 2 amide bonds. The third-order valence-electron chi connectivity index (χ3n) is 2.88. The van der Waals surface area contributed by atoms with Crippen molar-refractivity contribution in [3.63, 3.8) is 0 Å². The molecule has 0 aromatic heterocycles. The third kappa shape index (κ3) is 4.92. The van der Waals surface area contributed by atoms with Crippen molar-refractivity contribution in [3.05, 3.63) is 0 Å². The second kappa shape index (κ2) is 7.98. The van der Waals surface area contributed by atoms with E-state index in [4.69, 9.17) is 9.84 Å². The number of nitrogens with one attached hydrogen (secondary N) is 1. The molecule has 1 aliphatic rings. The van der Waals surface area contributed by atoms with E-state index >= 15 is 0 Å². The van der Waals surface area contributed by atoms with Crippen LogP contribution in [0.2, 0.25) is 0 Å². The Labute approximate surface area is 122 Å². The molecule has 0 aliphatic carbocycles. The number of hydrogen-bond donors (Lipinski definition) is 2. The van der Waals surface area contributed by atoms with Gasteiger partial charge in [0.1, 0.15) is 6.04 Å². The van der Waals surface area contributed by atoms with Crippen molar-refractivity contribution in [3.8, 4) is 0 Å². The summed E-state index contributed by atoms with van der Waals surface area (Å²) in [6.07, 6.45) is -0.0891. The number of carboxylic acid groups (broad SMARTS) is 1. The molecule has 1 fully saturated rings. The SMILES string of the molecule is CCOC(=O)C(C)NC(=O)N1CCSCC1CC(=O)O. The summed E-state index contributed by atoms with van der Waals surface area (Å²) in [5, 5.41) is 11.4. The predicted octanol–water partition coefficient (Wildman–Crippen LogP) is 0.540. The summed E-state index contributed by atoms with van der Waals surface area (Å²) in [5.74, 6) is -0.0825. The van der Waals surface area contributed by atoms with Gasteiger partial charge in [0, 0.05) is 18.1 Å². The van der Waals surface area contributed by atoms with Crippen molar-refractivity contribution >= 4 is 29.7 Å². The van der Waals surface area contributed by atoms with Crippen LogP contribution in [0.1, 0.15) is 20.3 Å². The molecule has 0 saturated carbocycles. The summed E-state index contributed by atoms with van der Waals surface area (Å²) in [6.45, 7) is 3.96. The Kier molecular flexibility index (Phi) is 6.63. The molecule has 8 heteroatoms. The Balaban J connectivity index is 2.58. The van der Waals surface area contributed by atoms with E-state index in [9.17, 15) is 14.4 Å². The van der Waals surface area contributed by atoms with Gasteiger partial charge in [-0.25, -0.2) is 9.59 Å². The van der Waals surface area contributed by atoms with E-state index in [1.54, 1.807) is 25.6 Å². The summed E-state index contributed by atoms with van der Waals surface area (Å²) >= 11 is 1.62. The van der Waals surface area contributed by atoms with E-state index in [2.05, 4.69) is 5.32 Å². The summed E-state index contributed by atoms with van der Waals surface area (Å²) in [5.41, 5.74) is 0. The quantitative estimate of drug-likeness (QED) is 0.720. The molecule has 0 aromatic rings. The minimum atomic E-state index is -0.936. The zero-order valence-electron chi connectivity index (χ0n) is 11.6. The Bertz CT molecular complexity index is 377. The largest absolute Gasteiger partial charge is 0.481 e. The van der Waals surface area contributed by atoms with Gasteiger partial charge >= 0.3 is 18.0 Å². The van der Waals surface area contributed by atoms with Gasteiger partial charge in [-0.15, -0.1) is 0 Å². The molecule has 1 rings (SSSR count). The van der Waals surface area contributed by atoms with Crippen LogP contribution in [0, 0.1) is 0 Å². The normalized spacial score (nSPS) is 20.1. The van der Waals surface area contributed by atoms with Gasteiger partial charge in [0.25, 0.3) is 0 Å². The molecule has 1 heterocycles. The van der Waals surface area contributed by atoms with Gasteiger partial charge in [-0.05, 0) is 13.8 Å². The monoisotopic (exact) mass is 304 g/mol. The minimum Gasteiger partial charge on any atom is -0.481 e. The van der Waals surface area contributed by atoms with E-state index in [1.165, 1.54) is 4.90 Å². The lowest BCUT2D eigenvalue weighted by Gasteiger charge is -2.35. The first-order valence-corrected chi connectivity index (χ1v) is 7.64. The van der Waals surface area contributed by atoms with E-state index < -0.39 is 24.0 Å². The average molecular weight is 304 g/mol.